The number of hydrogen-bond donors (Lipinski definition) is 3. The second-order valence-corrected chi connectivity index (χ2v) is 14.3. The van der Waals surface area contributed by atoms with Crippen molar-refractivity contribution in [3.63, 3.8) is 0 Å². The van der Waals surface area contributed by atoms with Crippen molar-refractivity contribution in [3.05, 3.63) is 96.1 Å². The summed E-state index contributed by atoms with van der Waals surface area (Å²) in [4.78, 5) is 61.5. The third-order valence-electron chi connectivity index (χ3n) is 7.29. The van der Waals surface area contributed by atoms with Crippen LogP contribution in [-0.4, -0.2) is 53.1 Å². The summed E-state index contributed by atoms with van der Waals surface area (Å²) in [6.45, 7) is 7.41. The molecule has 0 aliphatic carbocycles. The van der Waals surface area contributed by atoms with E-state index in [2.05, 4.69) is 10.6 Å². The number of ether oxygens (including phenoxy) is 3. The zero-order valence-corrected chi connectivity index (χ0v) is 28.1. The summed E-state index contributed by atoms with van der Waals surface area (Å²) in [5, 5.41) is 4.93. The van der Waals surface area contributed by atoms with Crippen molar-refractivity contribution in [1.29, 1.82) is 0 Å². The summed E-state index contributed by atoms with van der Waals surface area (Å²) >= 11 is 0. The molecule has 0 saturated carbocycles. The Kier molecular flexibility index (Phi) is 13.7. The molecule has 5 atom stereocenters. The minimum atomic E-state index is -4.25. The lowest BCUT2D eigenvalue weighted by Crippen LogP contribution is -2.44. The molecule has 0 heterocycles. The highest BCUT2D eigenvalue weighted by Crippen LogP contribution is 2.47. The number of rotatable bonds is 15. The molecule has 11 nitrogen and oxygen atoms in total. The molecule has 0 spiro atoms. The van der Waals surface area contributed by atoms with E-state index < -0.39 is 67.4 Å². The van der Waals surface area contributed by atoms with Gasteiger partial charge >= 0.3 is 18.0 Å². The predicted octanol–water partition coefficient (Wildman–Crippen LogP) is 5.65. The number of carbonyl (C=O) groups is 4. The minimum absolute atomic E-state index is 0.0253. The van der Waals surface area contributed by atoms with Crippen molar-refractivity contribution in [3.8, 4) is 11.1 Å². The van der Waals surface area contributed by atoms with E-state index in [1.165, 1.54) is 20.8 Å². The van der Waals surface area contributed by atoms with Crippen molar-refractivity contribution in [2.45, 2.75) is 65.8 Å². The van der Waals surface area contributed by atoms with Gasteiger partial charge in [-0.1, -0.05) is 98.8 Å². The first-order valence-electron chi connectivity index (χ1n) is 15.4. The maximum Gasteiger partial charge on any atom is 0.410 e. The number of hydrogen-bond acceptors (Lipinski definition) is 8. The van der Waals surface area contributed by atoms with Crippen molar-refractivity contribution in [2.75, 3.05) is 6.16 Å². The Balaban J connectivity index is 1.71. The van der Waals surface area contributed by atoms with Gasteiger partial charge in [-0.05, 0) is 42.5 Å². The van der Waals surface area contributed by atoms with E-state index in [1.807, 2.05) is 72.8 Å². The average Bonchev–Trinajstić information content (AvgIpc) is 3.04. The van der Waals surface area contributed by atoms with Gasteiger partial charge in [0.2, 0.25) is 19.6 Å². The third kappa shape index (κ3) is 12.0. The molecule has 0 bridgehead atoms. The lowest BCUT2D eigenvalue weighted by atomic mass is 9.97. The summed E-state index contributed by atoms with van der Waals surface area (Å²) in [7, 11) is -4.25. The van der Waals surface area contributed by atoms with Crippen LogP contribution in [0, 0.1) is 11.8 Å². The number of benzene rings is 3. The van der Waals surface area contributed by atoms with E-state index in [4.69, 9.17) is 14.2 Å². The van der Waals surface area contributed by atoms with E-state index in [0.717, 1.165) is 22.3 Å². The summed E-state index contributed by atoms with van der Waals surface area (Å²) in [6.07, 6.45) is -2.72. The molecule has 0 fully saturated rings. The molecule has 0 aromatic heterocycles. The van der Waals surface area contributed by atoms with E-state index in [-0.39, 0.29) is 13.0 Å². The second-order valence-electron chi connectivity index (χ2n) is 11.6. The molecule has 252 valence electrons. The van der Waals surface area contributed by atoms with Crippen LogP contribution in [-0.2, 0) is 46.2 Å². The van der Waals surface area contributed by atoms with Crippen molar-refractivity contribution in [2.24, 2.45) is 11.8 Å². The number of esters is 2. The van der Waals surface area contributed by atoms with Crippen molar-refractivity contribution in [1.82, 2.24) is 10.6 Å². The van der Waals surface area contributed by atoms with Crippen molar-refractivity contribution >= 4 is 31.3 Å². The van der Waals surface area contributed by atoms with Crippen molar-refractivity contribution < 1.29 is 42.8 Å². The van der Waals surface area contributed by atoms with Gasteiger partial charge < -0.3 is 29.7 Å². The van der Waals surface area contributed by atoms with Crippen LogP contribution in [0.15, 0.2) is 84.9 Å². The lowest BCUT2D eigenvalue weighted by Gasteiger charge is -2.26. The Morgan fingerprint density at radius 3 is 1.89 bits per heavy atom. The normalized spacial score (nSPS) is 14.9. The highest BCUT2D eigenvalue weighted by Gasteiger charge is 2.36. The molecule has 12 heteroatoms. The fraction of sp³-hybridized carbons (Fsp3) is 0.371. The number of amides is 2. The topological polar surface area (TPSA) is 157 Å². The van der Waals surface area contributed by atoms with Gasteiger partial charge in [-0.15, -0.1) is 0 Å². The summed E-state index contributed by atoms with van der Waals surface area (Å²) in [5.74, 6) is -4.66. The van der Waals surface area contributed by atoms with Gasteiger partial charge in [-0.25, -0.2) is 9.59 Å². The zero-order valence-electron chi connectivity index (χ0n) is 27.3. The van der Waals surface area contributed by atoms with Crippen LogP contribution in [0.3, 0.4) is 0 Å². The van der Waals surface area contributed by atoms with Gasteiger partial charge in [0.05, 0.1) is 11.8 Å². The predicted molar refractivity (Wildman–Crippen MR) is 177 cm³/mol. The first kappa shape index (κ1) is 37.0. The molecule has 0 aliphatic heterocycles. The molecule has 0 saturated heterocycles. The van der Waals surface area contributed by atoms with Crippen LogP contribution in [0.25, 0.3) is 11.1 Å². The van der Waals surface area contributed by atoms with Gasteiger partial charge in [0.1, 0.15) is 18.4 Å². The van der Waals surface area contributed by atoms with E-state index in [1.54, 1.807) is 26.0 Å². The maximum absolute atomic E-state index is 13.6. The van der Waals surface area contributed by atoms with Crippen LogP contribution in [0.4, 0.5) is 4.79 Å². The second kappa shape index (κ2) is 17.4. The smallest absolute Gasteiger partial charge is 0.410 e. The molecule has 0 aliphatic rings. The summed E-state index contributed by atoms with van der Waals surface area (Å²) in [5.41, 5.74) is 3.48. The number of alkyl carbamates (subject to hydrolysis) is 1. The van der Waals surface area contributed by atoms with Gasteiger partial charge in [0.25, 0.3) is 0 Å². The molecule has 2 amide bonds. The molecule has 3 N–H and O–H groups in total. The highest BCUT2D eigenvalue weighted by molar-refractivity contribution is 7.58. The molecule has 3 rings (SSSR count). The van der Waals surface area contributed by atoms with E-state index >= 15 is 0 Å². The fourth-order valence-electron chi connectivity index (χ4n) is 4.49. The Labute approximate surface area is 275 Å². The van der Waals surface area contributed by atoms with Crippen LogP contribution < -0.4 is 10.6 Å². The molecular weight excluding hydrogens is 623 g/mol. The van der Waals surface area contributed by atoms with Gasteiger partial charge in [-0.2, -0.15) is 0 Å². The molecule has 5 unspecified atom stereocenters. The van der Waals surface area contributed by atoms with Gasteiger partial charge in [0.15, 0.2) is 0 Å². The third-order valence-corrected chi connectivity index (χ3v) is 9.59. The van der Waals surface area contributed by atoms with E-state index in [9.17, 15) is 28.6 Å². The first-order chi connectivity index (χ1) is 22.2. The maximum atomic E-state index is 13.6. The summed E-state index contributed by atoms with van der Waals surface area (Å²) in [6, 6.07) is 25.2. The Bertz CT molecular complexity index is 1530. The molecule has 3 aromatic carbocycles. The average molecular weight is 667 g/mol. The van der Waals surface area contributed by atoms with Gasteiger partial charge in [0, 0.05) is 13.1 Å². The standard InChI is InChI=1S/C35H43N2O9P/c1-23(2)33(39)45-26(5)46-35(41)37-25(4)47(42,43)22-31(20-27-16-18-30(19-17-27)29-14-10-7-11-15-29)32(38)36-24(3)34(40)44-21-28-12-8-6-9-13-28/h6-19,23-26,31H,20-22H2,1-5H3,(H,36,38)(H,37,41)(H,42,43). The van der Waals surface area contributed by atoms with E-state index in [0.29, 0.717) is 0 Å². The molecule has 0 radical (unpaired) electrons. The van der Waals surface area contributed by atoms with Gasteiger partial charge in [-0.3, -0.25) is 14.2 Å². The van der Waals surface area contributed by atoms with Crippen LogP contribution >= 0.6 is 7.37 Å². The SMILES string of the molecule is CC(OC(=O)NC(C)P(=O)(O)CC(Cc1ccc(-c2ccccc2)cc1)C(=O)NC(C)C(=O)OCc1ccccc1)OC(=O)C(C)C. The first-order valence-corrected chi connectivity index (χ1v) is 17.3. The molecular formula is C35H43N2O9P. The largest absolute Gasteiger partial charge is 0.459 e. The quantitative estimate of drug-likeness (QED) is 0.106. The minimum Gasteiger partial charge on any atom is -0.459 e. The fourth-order valence-corrected chi connectivity index (χ4v) is 6.04. The molecule has 3 aromatic rings. The lowest BCUT2D eigenvalue weighted by molar-refractivity contribution is -0.168. The number of carbonyl (C=O) groups excluding carboxylic acids is 4. The van der Waals surface area contributed by atoms with Crippen LogP contribution in [0.5, 0.6) is 0 Å². The molecule has 47 heavy (non-hydrogen) atoms. The Morgan fingerprint density at radius 1 is 0.723 bits per heavy atom. The van der Waals surface area contributed by atoms with Crippen LogP contribution in [0.2, 0.25) is 0 Å². The van der Waals surface area contributed by atoms with Crippen LogP contribution in [0.1, 0.15) is 45.7 Å². The Morgan fingerprint density at radius 2 is 1.30 bits per heavy atom. The summed E-state index contributed by atoms with van der Waals surface area (Å²) < 4.78 is 28.9. The highest BCUT2D eigenvalue weighted by atomic mass is 31.2. The zero-order chi connectivity index (χ0) is 34.6. The number of nitrogens with one attached hydrogen (secondary N) is 2. The monoisotopic (exact) mass is 666 g/mol. The Hall–Kier alpha value is -4.47.